The minimum Gasteiger partial charge on any atom is -0.103 e. The van der Waals surface area contributed by atoms with Gasteiger partial charge < -0.3 is 0 Å². The Morgan fingerprint density at radius 2 is 0.906 bits per heavy atom. The zero-order valence-corrected chi connectivity index (χ0v) is 21.0. The van der Waals surface area contributed by atoms with Crippen molar-refractivity contribution in [1.82, 2.24) is 0 Å². The lowest BCUT2D eigenvalue weighted by Crippen LogP contribution is -1.88. The van der Waals surface area contributed by atoms with E-state index < -0.39 is 0 Å². The van der Waals surface area contributed by atoms with Gasteiger partial charge in [-0.15, -0.1) is 6.58 Å². The summed E-state index contributed by atoms with van der Waals surface area (Å²) >= 11 is 0. The van der Waals surface area contributed by atoms with Crippen LogP contribution in [0.4, 0.5) is 0 Å². The maximum absolute atomic E-state index is 3.79. The highest BCUT2D eigenvalue weighted by Crippen LogP contribution is 2.21. The third-order valence-corrected chi connectivity index (χ3v) is 6.98. The number of hydrogen-bond donors (Lipinski definition) is 0. The second-order valence-electron chi connectivity index (χ2n) is 9.83. The molecule has 0 aliphatic rings. The Morgan fingerprint density at radius 3 is 1.44 bits per heavy atom. The lowest BCUT2D eigenvalue weighted by Gasteiger charge is -2.07. The van der Waals surface area contributed by atoms with Crippen molar-refractivity contribution in [2.24, 2.45) is 0 Å². The van der Waals surface area contributed by atoms with Crippen LogP contribution in [0.3, 0.4) is 0 Å². The molecular weight excluding hydrogens is 384 g/mol. The quantitative estimate of drug-likeness (QED) is 0.135. The Morgan fingerprint density at radius 1 is 0.469 bits per heavy atom. The molecule has 0 saturated carbocycles. The van der Waals surface area contributed by atoms with Crippen LogP contribution in [-0.4, -0.2) is 0 Å². The molecule has 0 aliphatic heterocycles. The Hall–Kier alpha value is -1.56. The highest BCUT2D eigenvalue weighted by atomic mass is 14.1. The molecule has 0 unspecified atom stereocenters. The van der Waals surface area contributed by atoms with Crippen LogP contribution < -0.4 is 0 Å². The SMILES string of the molecule is C=CCCCCCCCCCCCCCCCCCCCCc1cccc2ccccc12. The summed E-state index contributed by atoms with van der Waals surface area (Å²) in [6, 6.07) is 15.6. The van der Waals surface area contributed by atoms with Crippen molar-refractivity contribution in [1.29, 1.82) is 0 Å². The molecule has 2 aromatic rings. The van der Waals surface area contributed by atoms with Gasteiger partial charge in [0.05, 0.1) is 0 Å². The fraction of sp³-hybridized carbons (Fsp3) is 0.625. The molecule has 2 aromatic carbocycles. The molecule has 0 nitrogen and oxygen atoms in total. The molecule has 2 rings (SSSR count). The van der Waals surface area contributed by atoms with Gasteiger partial charge >= 0.3 is 0 Å². The molecule has 0 N–H and O–H groups in total. The van der Waals surface area contributed by atoms with Crippen LogP contribution in [0.1, 0.15) is 128 Å². The minimum absolute atomic E-state index is 1.20. The molecule has 0 aliphatic carbocycles. The predicted molar refractivity (Wildman–Crippen MR) is 146 cm³/mol. The van der Waals surface area contributed by atoms with E-state index in [1.807, 2.05) is 0 Å². The normalized spacial score (nSPS) is 11.2. The van der Waals surface area contributed by atoms with Gasteiger partial charge in [-0.2, -0.15) is 0 Å². The molecule has 0 fully saturated rings. The summed E-state index contributed by atoms with van der Waals surface area (Å²) in [5.74, 6) is 0. The molecule has 0 atom stereocenters. The van der Waals surface area contributed by atoms with Gasteiger partial charge in [-0.05, 0) is 42.0 Å². The number of hydrogen-bond acceptors (Lipinski definition) is 0. The van der Waals surface area contributed by atoms with Gasteiger partial charge in [0.2, 0.25) is 0 Å². The van der Waals surface area contributed by atoms with E-state index >= 15 is 0 Å². The molecular formula is C32H50. The van der Waals surface area contributed by atoms with Gasteiger partial charge in [0.25, 0.3) is 0 Å². The van der Waals surface area contributed by atoms with Crippen LogP contribution in [0.25, 0.3) is 10.8 Å². The van der Waals surface area contributed by atoms with E-state index in [4.69, 9.17) is 0 Å². The largest absolute Gasteiger partial charge is 0.103 e. The van der Waals surface area contributed by atoms with Crippen molar-refractivity contribution in [3.05, 3.63) is 60.7 Å². The van der Waals surface area contributed by atoms with Crippen LogP contribution in [0.5, 0.6) is 0 Å². The summed E-state index contributed by atoms with van der Waals surface area (Å²) < 4.78 is 0. The van der Waals surface area contributed by atoms with Gasteiger partial charge in [0.15, 0.2) is 0 Å². The Kier molecular flexibility index (Phi) is 15.8. The maximum Gasteiger partial charge on any atom is -0.0152 e. The first-order valence-corrected chi connectivity index (χ1v) is 14.0. The molecule has 0 saturated heterocycles. The average molecular weight is 435 g/mol. The summed E-state index contributed by atoms with van der Waals surface area (Å²) in [7, 11) is 0. The van der Waals surface area contributed by atoms with Crippen LogP contribution in [-0.2, 0) is 6.42 Å². The van der Waals surface area contributed by atoms with E-state index in [0.717, 1.165) is 0 Å². The summed E-state index contributed by atoms with van der Waals surface area (Å²) in [4.78, 5) is 0. The zero-order valence-electron chi connectivity index (χ0n) is 21.0. The molecule has 0 aromatic heterocycles. The number of allylic oxidation sites excluding steroid dienone is 1. The first-order chi connectivity index (χ1) is 15.9. The molecule has 0 heteroatoms. The van der Waals surface area contributed by atoms with E-state index in [9.17, 15) is 0 Å². The lowest BCUT2D eigenvalue weighted by atomic mass is 9.99. The standard InChI is InChI=1S/C32H50/c1-2-3-4-5-6-7-8-9-10-11-12-13-14-15-16-17-18-19-20-21-25-30-27-24-28-31-26-22-23-29-32(30)31/h2,22-24,26-29H,1,3-21,25H2. The number of rotatable bonds is 21. The molecule has 178 valence electrons. The maximum atomic E-state index is 3.79. The molecule has 0 heterocycles. The molecule has 0 spiro atoms. The van der Waals surface area contributed by atoms with E-state index in [0.29, 0.717) is 0 Å². The molecule has 0 bridgehead atoms. The third kappa shape index (κ3) is 12.5. The molecule has 32 heavy (non-hydrogen) atoms. The van der Waals surface area contributed by atoms with Crippen molar-refractivity contribution in [2.75, 3.05) is 0 Å². The predicted octanol–water partition coefficient (Wildman–Crippen LogP) is 11.0. The number of unbranched alkanes of at least 4 members (excludes halogenated alkanes) is 18. The Bertz CT molecular complexity index is 693. The number of benzene rings is 2. The summed E-state index contributed by atoms with van der Waals surface area (Å²) in [5, 5.41) is 2.83. The monoisotopic (exact) mass is 434 g/mol. The first-order valence-electron chi connectivity index (χ1n) is 14.0. The summed E-state index contributed by atoms with van der Waals surface area (Å²) in [6.45, 7) is 3.79. The second kappa shape index (κ2) is 19.0. The van der Waals surface area contributed by atoms with Crippen molar-refractivity contribution in [3.63, 3.8) is 0 Å². The van der Waals surface area contributed by atoms with Gasteiger partial charge in [-0.3, -0.25) is 0 Å². The second-order valence-corrected chi connectivity index (χ2v) is 9.83. The smallest absolute Gasteiger partial charge is 0.0152 e. The van der Waals surface area contributed by atoms with E-state index in [-0.39, 0.29) is 0 Å². The Labute approximate surface area is 199 Å². The third-order valence-electron chi connectivity index (χ3n) is 6.98. The van der Waals surface area contributed by atoms with Gasteiger partial charge in [-0.1, -0.05) is 151 Å². The highest BCUT2D eigenvalue weighted by molar-refractivity contribution is 5.85. The minimum atomic E-state index is 1.20. The lowest BCUT2D eigenvalue weighted by molar-refractivity contribution is 0.524. The fourth-order valence-corrected chi connectivity index (χ4v) is 4.94. The number of fused-ring (bicyclic) bond motifs is 1. The van der Waals surface area contributed by atoms with Crippen molar-refractivity contribution in [2.45, 2.75) is 128 Å². The van der Waals surface area contributed by atoms with Crippen LogP contribution >= 0.6 is 0 Å². The number of aryl methyl sites for hydroxylation is 1. The van der Waals surface area contributed by atoms with Crippen molar-refractivity contribution in [3.8, 4) is 0 Å². The van der Waals surface area contributed by atoms with Gasteiger partial charge in [0.1, 0.15) is 0 Å². The average Bonchev–Trinajstić information content (AvgIpc) is 2.83. The fourth-order valence-electron chi connectivity index (χ4n) is 4.94. The topological polar surface area (TPSA) is 0 Å². The van der Waals surface area contributed by atoms with E-state index in [2.05, 4.69) is 55.1 Å². The van der Waals surface area contributed by atoms with Crippen molar-refractivity contribution >= 4 is 10.8 Å². The summed E-state index contributed by atoms with van der Waals surface area (Å²) in [5.41, 5.74) is 1.53. The van der Waals surface area contributed by atoms with Gasteiger partial charge in [-0.25, -0.2) is 0 Å². The van der Waals surface area contributed by atoms with E-state index in [1.54, 1.807) is 0 Å². The van der Waals surface area contributed by atoms with Crippen molar-refractivity contribution < 1.29 is 0 Å². The summed E-state index contributed by atoms with van der Waals surface area (Å²) in [6.07, 6.45) is 30.3. The molecule has 0 radical (unpaired) electrons. The highest BCUT2D eigenvalue weighted by Gasteiger charge is 2.00. The van der Waals surface area contributed by atoms with Crippen LogP contribution in [0.2, 0.25) is 0 Å². The zero-order chi connectivity index (χ0) is 22.5. The Balaban J connectivity index is 1.30. The molecule has 0 amide bonds. The first kappa shape index (κ1) is 26.7. The van der Waals surface area contributed by atoms with E-state index in [1.165, 1.54) is 145 Å². The van der Waals surface area contributed by atoms with Crippen LogP contribution in [0.15, 0.2) is 55.1 Å². The van der Waals surface area contributed by atoms with Crippen LogP contribution in [0, 0.1) is 0 Å². The van der Waals surface area contributed by atoms with Gasteiger partial charge in [0, 0.05) is 0 Å².